The lowest BCUT2D eigenvalue weighted by Gasteiger charge is -2.26. The summed E-state index contributed by atoms with van der Waals surface area (Å²) in [6.45, 7) is 1.08. The minimum atomic E-state index is -2.04. The quantitative estimate of drug-likeness (QED) is 0.515. The maximum absolute atomic E-state index is 11.3. The van der Waals surface area contributed by atoms with E-state index in [1.807, 2.05) is 54.6 Å². The lowest BCUT2D eigenvalue weighted by atomic mass is 10.4. The van der Waals surface area contributed by atoms with Crippen molar-refractivity contribution in [1.82, 2.24) is 0 Å². The Morgan fingerprint density at radius 1 is 0.786 bits per heavy atom. The van der Waals surface area contributed by atoms with Crippen LogP contribution in [0.1, 0.15) is 6.92 Å². The van der Waals surface area contributed by atoms with Crippen LogP contribution >= 0.6 is 7.26 Å². The van der Waals surface area contributed by atoms with Crippen LogP contribution in [0.3, 0.4) is 0 Å². The van der Waals surface area contributed by atoms with E-state index < -0.39 is 19.2 Å². The monoisotopic (exact) mass is 394 g/mol. The van der Waals surface area contributed by atoms with Crippen molar-refractivity contribution in [3.63, 3.8) is 0 Å². The molecule has 3 rings (SSSR count). The topological polar surface area (TPSA) is 80.6 Å². The summed E-state index contributed by atoms with van der Waals surface area (Å²) >= 11 is 0. The zero-order valence-electron chi connectivity index (χ0n) is 15.6. The molecule has 2 N–H and O–H groups in total. The number of aliphatic carboxylic acids is 1. The minimum absolute atomic E-state index is 0.500. The van der Waals surface area contributed by atoms with Crippen molar-refractivity contribution in [3.05, 3.63) is 103 Å². The van der Waals surface area contributed by atoms with Crippen LogP contribution in [0.4, 0.5) is 0 Å². The fourth-order valence-electron chi connectivity index (χ4n) is 3.03. The molecule has 0 saturated carbocycles. The van der Waals surface area contributed by atoms with E-state index in [0.29, 0.717) is 6.16 Å². The Balaban J connectivity index is 0.000000640. The summed E-state index contributed by atoms with van der Waals surface area (Å²) in [4.78, 5) is 9.00. The number of carbonyl (C=O) groups is 1. The average Bonchev–Trinajstić information content (AvgIpc) is 2.70. The van der Waals surface area contributed by atoms with E-state index in [0.717, 1.165) is 6.92 Å². The number of hydrogen-bond acceptors (Lipinski definition) is 3. The third kappa shape index (κ3) is 5.45. The van der Waals surface area contributed by atoms with E-state index in [9.17, 15) is 10.2 Å². The second kappa shape index (κ2) is 10.3. The van der Waals surface area contributed by atoms with Crippen LogP contribution in [0.5, 0.6) is 0 Å². The molecule has 0 saturated heterocycles. The Hall–Kier alpha value is -3.10. The fourth-order valence-corrected chi connectivity index (χ4v) is 7.03. The lowest BCUT2D eigenvalue weighted by molar-refractivity contribution is -0.348. The van der Waals surface area contributed by atoms with Gasteiger partial charge in [0.2, 0.25) is 0 Å². The molecule has 0 spiro atoms. The predicted octanol–water partition coefficient (Wildman–Crippen LogP) is 2.83. The normalized spacial score (nSPS) is 11.2. The number of allylic oxidation sites excluding steroid dienone is 1. The summed E-state index contributed by atoms with van der Waals surface area (Å²) in [7, 11) is -2.04. The second-order valence-electron chi connectivity index (χ2n) is 6.06. The molecule has 0 atom stereocenters. The maximum atomic E-state index is 11.3. The zero-order chi connectivity index (χ0) is 20.4. The summed E-state index contributed by atoms with van der Waals surface area (Å²) in [5.41, 5.74) is 0. The van der Waals surface area contributed by atoms with Gasteiger partial charge < -0.3 is 15.3 Å². The number of carboxylic acid groups (broad SMARTS) is 1. The Morgan fingerprint density at radius 2 is 1.07 bits per heavy atom. The SMILES string of the molecule is CC(=O)O.[O-]/C(O)=C\C[P+](c1ccccc1)(c1ccccc1)c1ccccc1. The van der Waals surface area contributed by atoms with Gasteiger partial charge in [-0.2, -0.15) is 0 Å². The van der Waals surface area contributed by atoms with Gasteiger partial charge >= 0.3 is 0 Å². The molecule has 0 heterocycles. The second-order valence-corrected chi connectivity index (χ2v) is 9.59. The molecule has 0 aliphatic rings. The molecule has 3 aromatic rings. The summed E-state index contributed by atoms with van der Waals surface area (Å²) in [5, 5.41) is 31.6. The van der Waals surface area contributed by atoms with Crippen molar-refractivity contribution in [2.45, 2.75) is 6.92 Å². The van der Waals surface area contributed by atoms with Crippen molar-refractivity contribution in [2.75, 3.05) is 6.16 Å². The Morgan fingerprint density at radius 3 is 1.32 bits per heavy atom. The van der Waals surface area contributed by atoms with Crippen molar-refractivity contribution < 1.29 is 20.1 Å². The van der Waals surface area contributed by atoms with E-state index in [4.69, 9.17) is 9.90 Å². The van der Waals surface area contributed by atoms with E-state index in [1.54, 1.807) is 0 Å². The third-order valence-corrected chi connectivity index (χ3v) is 8.40. The Kier molecular flexibility index (Phi) is 7.79. The minimum Gasteiger partial charge on any atom is -0.629 e. The van der Waals surface area contributed by atoms with E-state index in [1.165, 1.54) is 22.0 Å². The van der Waals surface area contributed by atoms with Gasteiger partial charge in [-0.05, 0) is 42.5 Å². The number of hydrogen-bond donors (Lipinski definition) is 2. The molecule has 3 aromatic carbocycles. The van der Waals surface area contributed by atoms with Crippen molar-refractivity contribution in [1.29, 1.82) is 0 Å². The van der Waals surface area contributed by atoms with Crippen molar-refractivity contribution in [2.24, 2.45) is 0 Å². The van der Waals surface area contributed by atoms with Gasteiger partial charge in [-0.25, -0.2) is 0 Å². The van der Waals surface area contributed by atoms with E-state index in [2.05, 4.69) is 36.4 Å². The fraction of sp³-hybridized carbons (Fsp3) is 0.0870. The molecule has 0 fully saturated rings. The molecule has 0 radical (unpaired) electrons. The van der Waals surface area contributed by atoms with Gasteiger partial charge in [0.25, 0.3) is 5.97 Å². The van der Waals surface area contributed by atoms with Gasteiger partial charge in [-0.1, -0.05) is 54.6 Å². The van der Waals surface area contributed by atoms with Crippen LogP contribution < -0.4 is 21.0 Å². The lowest BCUT2D eigenvalue weighted by Crippen LogP contribution is -2.33. The first kappa shape index (κ1) is 21.2. The van der Waals surface area contributed by atoms with Gasteiger partial charge in [0.15, 0.2) is 0 Å². The highest BCUT2D eigenvalue weighted by Crippen LogP contribution is 2.55. The van der Waals surface area contributed by atoms with E-state index in [-0.39, 0.29) is 0 Å². The molecule has 4 nitrogen and oxygen atoms in total. The van der Waals surface area contributed by atoms with Gasteiger partial charge in [0.05, 0.1) is 6.16 Å². The first-order valence-electron chi connectivity index (χ1n) is 8.77. The molecule has 0 aromatic heterocycles. The largest absolute Gasteiger partial charge is 0.629 e. The number of carboxylic acids is 1. The van der Waals surface area contributed by atoms with Crippen LogP contribution in [-0.4, -0.2) is 22.3 Å². The molecule has 0 amide bonds. The number of aliphatic hydroxyl groups excluding tert-OH is 1. The molecule has 144 valence electrons. The standard InChI is InChI=1S/C21H19O2P.C2H4O2/c22-21(23)16-17-24(18-10-4-1-5-11-18,19-12-6-2-7-13-19)20-14-8-3-9-15-20;1-2(3)4/h1-16H,17H2,(H-,22,23);1H3,(H,3,4). The summed E-state index contributed by atoms with van der Waals surface area (Å²) < 4.78 is 0. The van der Waals surface area contributed by atoms with Crippen LogP contribution in [0.15, 0.2) is 103 Å². The molecule has 5 heteroatoms. The van der Waals surface area contributed by atoms with Crippen LogP contribution in [-0.2, 0) is 4.79 Å². The van der Waals surface area contributed by atoms with Gasteiger partial charge in [-0.3, -0.25) is 4.79 Å². The Labute approximate surface area is 165 Å². The first-order chi connectivity index (χ1) is 13.5. The summed E-state index contributed by atoms with van der Waals surface area (Å²) in [6.07, 6.45) is 1.90. The summed E-state index contributed by atoms with van der Waals surface area (Å²) in [5.74, 6) is -1.71. The number of aliphatic hydroxyl groups is 1. The molecular formula is C23H23O4P. The highest BCUT2D eigenvalue weighted by Gasteiger charge is 2.44. The average molecular weight is 394 g/mol. The van der Waals surface area contributed by atoms with Crippen LogP contribution in [0, 0.1) is 0 Å². The van der Waals surface area contributed by atoms with Gasteiger partial charge in [0, 0.05) is 12.9 Å². The third-order valence-electron chi connectivity index (χ3n) is 4.13. The van der Waals surface area contributed by atoms with E-state index >= 15 is 0 Å². The van der Waals surface area contributed by atoms with Crippen molar-refractivity contribution in [3.8, 4) is 0 Å². The smallest absolute Gasteiger partial charge is 0.300 e. The highest BCUT2D eigenvalue weighted by atomic mass is 31.2. The van der Waals surface area contributed by atoms with Crippen molar-refractivity contribution >= 4 is 29.1 Å². The summed E-state index contributed by atoms with van der Waals surface area (Å²) in [6, 6.07) is 30.8. The Bertz CT molecular complexity index is 789. The molecule has 0 aliphatic carbocycles. The molecule has 28 heavy (non-hydrogen) atoms. The highest BCUT2D eigenvalue weighted by molar-refractivity contribution is 7.95. The molecular weight excluding hydrogens is 371 g/mol. The predicted molar refractivity (Wildman–Crippen MR) is 114 cm³/mol. The molecule has 0 bridgehead atoms. The maximum Gasteiger partial charge on any atom is 0.300 e. The number of benzene rings is 3. The van der Waals surface area contributed by atoms with Gasteiger partial charge in [-0.15, -0.1) is 0 Å². The van der Waals surface area contributed by atoms with Crippen LogP contribution in [0.2, 0.25) is 0 Å². The number of rotatable bonds is 5. The van der Waals surface area contributed by atoms with Crippen LogP contribution in [0.25, 0.3) is 0 Å². The van der Waals surface area contributed by atoms with Gasteiger partial charge in [0.1, 0.15) is 23.2 Å². The zero-order valence-corrected chi connectivity index (χ0v) is 16.5. The molecule has 0 aliphatic heterocycles. The first-order valence-corrected chi connectivity index (χ1v) is 10.7. The molecule has 0 unspecified atom stereocenters.